The number of rotatable bonds is 6. The van der Waals surface area contributed by atoms with Crippen LogP contribution in [0.1, 0.15) is 18.9 Å². The van der Waals surface area contributed by atoms with Crippen LogP contribution in [0.15, 0.2) is 47.2 Å². The molecule has 2 rings (SSSR count). The summed E-state index contributed by atoms with van der Waals surface area (Å²) < 4.78 is 6.89. The maximum absolute atomic E-state index is 5.89. The summed E-state index contributed by atoms with van der Waals surface area (Å²) in [7, 11) is 0. The minimum absolute atomic E-state index is 0.748. The molecule has 1 heterocycles. The summed E-state index contributed by atoms with van der Waals surface area (Å²) in [5.41, 5.74) is 1.14. The molecule has 0 unspecified atom stereocenters. The lowest BCUT2D eigenvalue weighted by Crippen LogP contribution is -2.14. The molecule has 0 aliphatic rings. The second-order valence-corrected chi connectivity index (χ2v) is 5.14. The Morgan fingerprint density at radius 1 is 1.32 bits per heavy atom. The number of pyridine rings is 1. The highest BCUT2D eigenvalue weighted by Gasteiger charge is 2.06. The molecule has 1 aromatic carbocycles. The number of hydrogen-bond donors (Lipinski definition) is 1. The third-order valence-electron chi connectivity index (χ3n) is 2.63. The number of halogens is 1. The molecular formula is C15H17BrN2O. The molecule has 0 saturated carbocycles. The van der Waals surface area contributed by atoms with E-state index in [1.54, 1.807) is 12.4 Å². The number of aromatic nitrogens is 1. The molecule has 0 saturated heterocycles. The van der Waals surface area contributed by atoms with Gasteiger partial charge in [-0.2, -0.15) is 0 Å². The normalized spacial score (nSPS) is 10.4. The van der Waals surface area contributed by atoms with Crippen LogP contribution in [0.3, 0.4) is 0 Å². The van der Waals surface area contributed by atoms with E-state index >= 15 is 0 Å². The third-order valence-corrected chi connectivity index (χ3v) is 3.13. The molecule has 4 heteroatoms. The van der Waals surface area contributed by atoms with Crippen molar-refractivity contribution >= 4 is 15.9 Å². The molecule has 0 aliphatic heterocycles. The SMILES string of the molecule is CCCNCc1ccc(Br)cc1Oc1cccnc1. The number of nitrogens with one attached hydrogen (secondary N) is 1. The quantitative estimate of drug-likeness (QED) is 0.812. The molecule has 3 nitrogen and oxygen atoms in total. The van der Waals surface area contributed by atoms with Gasteiger partial charge in [0.05, 0.1) is 6.20 Å². The maximum atomic E-state index is 5.89. The smallest absolute Gasteiger partial charge is 0.145 e. The second kappa shape index (κ2) is 7.26. The Hall–Kier alpha value is -1.39. The average molecular weight is 321 g/mol. The molecule has 0 bridgehead atoms. The van der Waals surface area contributed by atoms with E-state index in [-0.39, 0.29) is 0 Å². The molecule has 1 aromatic heterocycles. The van der Waals surface area contributed by atoms with E-state index in [0.29, 0.717) is 0 Å². The molecular weight excluding hydrogens is 304 g/mol. The van der Waals surface area contributed by atoms with Crippen molar-refractivity contribution in [1.82, 2.24) is 10.3 Å². The zero-order valence-corrected chi connectivity index (χ0v) is 12.5. The Bertz CT molecular complexity index is 517. The Morgan fingerprint density at radius 2 is 2.21 bits per heavy atom. The first kappa shape index (κ1) is 14.0. The number of ether oxygens (including phenoxy) is 1. The number of hydrogen-bond acceptors (Lipinski definition) is 3. The third kappa shape index (κ3) is 4.33. The molecule has 0 aliphatic carbocycles. The first-order chi connectivity index (χ1) is 9.29. The van der Waals surface area contributed by atoms with Crippen LogP contribution in [0.2, 0.25) is 0 Å². The summed E-state index contributed by atoms with van der Waals surface area (Å²) in [6, 6.07) is 9.84. The van der Waals surface area contributed by atoms with Gasteiger partial charge in [0.25, 0.3) is 0 Å². The zero-order valence-electron chi connectivity index (χ0n) is 10.9. The molecule has 0 amide bonds. The fourth-order valence-electron chi connectivity index (χ4n) is 1.70. The van der Waals surface area contributed by atoms with Crippen molar-refractivity contribution in [2.24, 2.45) is 0 Å². The van der Waals surface area contributed by atoms with Crippen molar-refractivity contribution in [2.45, 2.75) is 19.9 Å². The highest BCUT2D eigenvalue weighted by molar-refractivity contribution is 9.10. The number of benzene rings is 1. The monoisotopic (exact) mass is 320 g/mol. The van der Waals surface area contributed by atoms with Gasteiger partial charge in [-0.3, -0.25) is 4.98 Å². The van der Waals surface area contributed by atoms with E-state index in [4.69, 9.17) is 4.74 Å². The van der Waals surface area contributed by atoms with Crippen LogP contribution < -0.4 is 10.1 Å². The van der Waals surface area contributed by atoms with Crippen molar-refractivity contribution in [3.8, 4) is 11.5 Å². The van der Waals surface area contributed by atoms with Gasteiger partial charge in [-0.25, -0.2) is 0 Å². The van der Waals surface area contributed by atoms with E-state index in [9.17, 15) is 0 Å². The minimum Gasteiger partial charge on any atom is -0.455 e. The zero-order chi connectivity index (χ0) is 13.5. The summed E-state index contributed by atoms with van der Waals surface area (Å²) in [5.74, 6) is 1.60. The maximum Gasteiger partial charge on any atom is 0.145 e. The van der Waals surface area contributed by atoms with Gasteiger partial charge in [-0.05, 0) is 37.2 Å². The molecule has 0 radical (unpaired) electrons. The Kier molecular flexibility index (Phi) is 5.36. The average Bonchev–Trinajstić information content (AvgIpc) is 2.43. The van der Waals surface area contributed by atoms with Crippen LogP contribution in [-0.2, 0) is 6.54 Å². The largest absolute Gasteiger partial charge is 0.455 e. The van der Waals surface area contributed by atoms with Gasteiger partial charge in [0.15, 0.2) is 0 Å². The van der Waals surface area contributed by atoms with Crippen molar-refractivity contribution in [3.63, 3.8) is 0 Å². The number of nitrogens with zero attached hydrogens (tertiary/aromatic N) is 1. The second-order valence-electron chi connectivity index (χ2n) is 4.22. The van der Waals surface area contributed by atoms with Gasteiger partial charge in [-0.15, -0.1) is 0 Å². The summed E-state index contributed by atoms with van der Waals surface area (Å²) in [6.45, 7) is 3.96. The minimum atomic E-state index is 0.748. The van der Waals surface area contributed by atoms with Crippen LogP contribution in [0.25, 0.3) is 0 Å². The fraction of sp³-hybridized carbons (Fsp3) is 0.267. The lowest BCUT2D eigenvalue weighted by Gasteiger charge is -2.12. The molecule has 19 heavy (non-hydrogen) atoms. The molecule has 100 valence electrons. The van der Waals surface area contributed by atoms with E-state index < -0.39 is 0 Å². The highest BCUT2D eigenvalue weighted by Crippen LogP contribution is 2.28. The van der Waals surface area contributed by atoms with Crippen LogP contribution in [-0.4, -0.2) is 11.5 Å². The molecule has 0 atom stereocenters. The lowest BCUT2D eigenvalue weighted by molar-refractivity contribution is 0.470. The van der Waals surface area contributed by atoms with E-state index in [1.165, 1.54) is 0 Å². The predicted molar refractivity (Wildman–Crippen MR) is 80.5 cm³/mol. The summed E-state index contributed by atoms with van der Waals surface area (Å²) in [5, 5.41) is 3.39. The summed E-state index contributed by atoms with van der Waals surface area (Å²) >= 11 is 3.48. The molecule has 1 N–H and O–H groups in total. The highest BCUT2D eigenvalue weighted by atomic mass is 79.9. The Morgan fingerprint density at radius 3 is 2.95 bits per heavy atom. The van der Waals surface area contributed by atoms with E-state index in [1.807, 2.05) is 24.3 Å². The lowest BCUT2D eigenvalue weighted by atomic mass is 10.2. The fourth-order valence-corrected chi connectivity index (χ4v) is 2.04. The van der Waals surface area contributed by atoms with Crippen molar-refractivity contribution < 1.29 is 4.74 Å². The van der Waals surface area contributed by atoms with Gasteiger partial charge in [-0.1, -0.05) is 28.9 Å². The van der Waals surface area contributed by atoms with Crippen molar-refractivity contribution in [2.75, 3.05) is 6.54 Å². The standard InChI is InChI=1S/C15H17BrN2O/c1-2-7-17-10-12-5-6-13(16)9-15(12)19-14-4-3-8-18-11-14/h3-6,8-9,11,17H,2,7,10H2,1H3. The van der Waals surface area contributed by atoms with Gasteiger partial charge in [0.2, 0.25) is 0 Å². The Balaban J connectivity index is 2.15. The first-order valence-corrected chi connectivity index (χ1v) is 7.16. The summed E-state index contributed by atoms with van der Waals surface area (Å²) in [4.78, 5) is 4.06. The van der Waals surface area contributed by atoms with Crippen LogP contribution in [0, 0.1) is 0 Å². The first-order valence-electron chi connectivity index (χ1n) is 6.36. The van der Waals surface area contributed by atoms with Crippen LogP contribution in [0.4, 0.5) is 0 Å². The van der Waals surface area contributed by atoms with Crippen LogP contribution >= 0.6 is 15.9 Å². The van der Waals surface area contributed by atoms with Gasteiger partial charge in [0.1, 0.15) is 11.5 Å². The van der Waals surface area contributed by atoms with Gasteiger partial charge >= 0.3 is 0 Å². The molecule has 2 aromatic rings. The van der Waals surface area contributed by atoms with Crippen molar-refractivity contribution in [1.29, 1.82) is 0 Å². The van der Waals surface area contributed by atoms with E-state index in [2.05, 4.69) is 39.2 Å². The molecule has 0 spiro atoms. The van der Waals surface area contributed by atoms with Crippen LogP contribution in [0.5, 0.6) is 11.5 Å². The summed E-state index contributed by atoms with van der Waals surface area (Å²) in [6.07, 6.45) is 4.57. The predicted octanol–water partition coefficient (Wildman–Crippen LogP) is 4.14. The van der Waals surface area contributed by atoms with Gasteiger partial charge < -0.3 is 10.1 Å². The Labute approximate surface area is 122 Å². The topological polar surface area (TPSA) is 34.1 Å². The van der Waals surface area contributed by atoms with E-state index in [0.717, 1.165) is 41.0 Å². The van der Waals surface area contributed by atoms with Crippen molar-refractivity contribution in [3.05, 3.63) is 52.8 Å². The molecule has 0 fully saturated rings. The van der Waals surface area contributed by atoms with Gasteiger partial charge in [0, 0.05) is 22.8 Å².